The third-order valence-corrected chi connectivity index (χ3v) is 5.09. The molecule has 0 unspecified atom stereocenters. The van der Waals surface area contributed by atoms with Gasteiger partial charge in [-0.05, 0) is 52.5 Å². The molecular formula is C22H29ClN4O2. The third-order valence-electron chi connectivity index (χ3n) is 4.90. The summed E-state index contributed by atoms with van der Waals surface area (Å²) >= 11 is 6.09. The van der Waals surface area contributed by atoms with E-state index in [1.807, 2.05) is 39.0 Å². The lowest BCUT2D eigenvalue weighted by Gasteiger charge is -2.33. The molecule has 1 aromatic carbocycles. The first kappa shape index (κ1) is 21.4. The Morgan fingerprint density at radius 1 is 1.24 bits per heavy atom. The monoisotopic (exact) mass is 416 g/mol. The summed E-state index contributed by atoms with van der Waals surface area (Å²) in [5, 5.41) is 12.2. The van der Waals surface area contributed by atoms with E-state index in [-0.39, 0.29) is 6.09 Å². The summed E-state index contributed by atoms with van der Waals surface area (Å²) in [6.45, 7) is 9.94. The van der Waals surface area contributed by atoms with Gasteiger partial charge < -0.3 is 15.0 Å². The molecule has 6 nitrogen and oxygen atoms in total. The molecule has 1 aliphatic heterocycles. The van der Waals surface area contributed by atoms with Crippen LogP contribution in [0, 0.1) is 12.8 Å². The molecule has 1 saturated heterocycles. The number of hydrogen-bond donors (Lipinski definition) is 1. The molecule has 1 aromatic heterocycles. The molecular weight excluding hydrogens is 388 g/mol. The number of nitrogens with zero attached hydrogens (tertiary/aromatic N) is 3. The minimum atomic E-state index is -0.463. The standard InChI is InChI=1S/C22H29ClN4O2/c1-15-6-5-7-17(12-15)20-18(13-19(23)25-26-20)24-14-16-8-10-27(11-9-16)21(28)29-22(2,3)4/h5-7,12-13,16H,8-11,14H2,1-4H3,(H,24,25). The number of rotatable bonds is 4. The van der Waals surface area contributed by atoms with Crippen molar-refractivity contribution in [1.82, 2.24) is 15.1 Å². The number of carbonyl (C=O) groups is 1. The molecule has 1 amide bonds. The van der Waals surface area contributed by atoms with Crippen LogP contribution in [0.25, 0.3) is 11.3 Å². The molecule has 7 heteroatoms. The number of amides is 1. The zero-order valence-electron chi connectivity index (χ0n) is 17.5. The number of carbonyl (C=O) groups excluding carboxylic acids is 1. The number of halogens is 1. The van der Waals surface area contributed by atoms with Crippen molar-refractivity contribution in [3.63, 3.8) is 0 Å². The number of anilines is 1. The van der Waals surface area contributed by atoms with Crippen LogP contribution in [0.5, 0.6) is 0 Å². The molecule has 1 N–H and O–H groups in total. The van der Waals surface area contributed by atoms with Crippen LogP contribution >= 0.6 is 11.6 Å². The first-order valence-corrected chi connectivity index (χ1v) is 10.4. The zero-order chi connectivity index (χ0) is 21.0. The van der Waals surface area contributed by atoms with Crippen LogP contribution in [-0.4, -0.2) is 46.4 Å². The Bertz CT molecular complexity index is 858. The van der Waals surface area contributed by atoms with Gasteiger partial charge >= 0.3 is 6.09 Å². The van der Waals surface area contributed by atoms with Crippen LogP contribution in [0.2, 0.25) is 5.15 Å². The van der Waals surface area contributed by atoms with Crippen LogP contribution in [0.1, 0.15) is 39.2 Å². The maximum Gasteiger partial charge on any atom is 0.410 e. The lowest BCUT2D eigenvalue weighted by molar-refractivity contribution is 0.0188. The highest BCUT2D eigenvalue weighted by molar-refractivity contribution is 6.29. The summed E-state index contributed by atoms with van der Waals surface area (Å²) in [7, 11) is 0. The van der Waals surface area contributed by atoms with E-state index in [2.05, 4.69) is 34.6 Å². The van der Waals surface area contributed by atoms with Crippen molar-refractivity contribution in [3.8, 4) is 11.3 Å². The Kier molecular flexibility index (Phi) is 6.63. The normalized spacial score (nSPS) is 15.3. The Morgan fingerprint density at radius 2 is 1.97 bits per heavy atom. The van der Waals surface area contributed by atoms with Gasteiger partial charge in [-0.2, -0.15) is 0 Å². The van der Waals surface area contributed by atoms with E-state index in [0.717, 1.165) is 36.3 Å². The summed E-state index contributed by atoms with van der Waals surface area (Å²) in [6.07, 6.45) is 1.63. The van der Waals surface area contributed by atoms with Crippen molar-refractivity contribution in [2.24, 2.45) is 5.92 Å². The van der Waals surface area contributed by atoms with Crippen molar-refractivity contribution in [2.45, 2.75) is 46.1 Å². The number of aryl methyl sites for hydroxylation is 1. The lowest BCUT2D eigenvalue weighted by atomic mass is 9.97. The summed E-state index contributed by atoms with van der Waals surface area (Å²) in [6, 6.07) is 10.00. The first-order chi connectivity index (χ1) is 13.7. The van der Waals surface area contributed by atoms with E-state index >= 15 is 0 Å². The minimum absolute atomic E-state index is 0.226. The quantitative estimate of drug-likeness (QED) is 0.745. The van der Waals surface area contributed by atoms with E-state index < -0.39 is 5.60 Å². The molecule has 0 spiro atoms. The Morgan fingerprint density at radius 3 is 2.62 bits per heavy atom. The molecule has 1 aliphatic rings. The number of ether oxygens (including phenoxy) is 1. The van der Waals surface area contributed by atoms with Crippen molar-refractivity contribution < 1.29 is 9.53 Å². The number of benzene rings is 1. The van der Waals surface area contributed by atoms with Crippen LogP contribution in [0.15, 0.2) is 30.3 Å². The van der Waals surface area contributed by atoms with Crippen molar-refractivity contribution >= 4 is 23.4 Å². The number of aromatic nitrogens is 2. The average molecular weight is 417 g/mol. The molecule has 2 aromatic rings. The molecule has 29 heavy (non-hydrogen) atoms. The average Bonchev–Trinajstić information content (AvgIpc) is 2.65. The van der Waals surface area contributed by atoms with Gasteiger partial charge in [-0.3, -0.25) is 0 Å². The van der Waals surface area contributed by atoms with E-state index in [9.17, 15) is 4.79 Å². The summed E-state index contributed by atoms with van der Waals surface area (Å²) in [5.41, 5.74) is 3.39. The Labute approximate surface area is 177 Å². The molecule has 2 heterocycles. The summed E-state index contributed by atoms with van der Waals surface area (Å²) < 4.78 is 5.47. The van der Waals surface area contributed by atoms with Gasteiger partial charge in [0.1, 0.15) is 11.3 Å². The second kappa shape index (κ2) is 8.99. The minimum Gasteiger partial charge on any atom is -0.444 e. The predicted molar refractivity (Wildman–Crippen MR) is 116 cm³/mol. The number of likely N-dealkylation sites (tertiary alicyclic amines) is 1. The van der Waals surface area contributed by atoms with Gasteiger partial charge in [0.15, 0.2) is 5.15 Å². The maximum absolute atomic E-state index is 12.2. The molecule has 0 atom stereocenters. The summed E-state index contributed by atoms with van der Waals surface area (Å²) in [5.74, 6) is 0.464. The second-order valence-corrected chi connectivity index (χ2v) is 8.98. The Balaban J connectivity index is 1.60. The first-order valence-electron chi connectivity index (χ1n) is 10.0. The highest BCUT2D eigenvalue weighted by atomic mass is 35.5. The van der Waals surface area contributed by atoms with Crippen LogP contribution in [0.4, 0.5) is 10.5 Å². The van der Waals surface area contributed by atoms with Crippen LogP contribution in [-0.2, 0) is 4.74 Å². The zero-order valence-corrected chi connectivity index (χ0v) is 18.3. The van der Waals surface area contributed by atoms with E-state index in [4.69, 9.17) is 16.3 Å². The molecule has 0 bridgehead atoms. The van der Waals surface area contributed by atoms with Crippen molar-refractivity contribution in [2.75, 3.05) is 25.0 Å². The molecule has 0 radical (unpaired) electrons. The second-order valence-electron chi connectivity index (χ2n) is 8.59. The molecule has 156 valence electrons. The fourth-order valence-electron chi connectivity index (χ4n) is 3.41. The fraction of sp³-hybridized carbons (Fsp3) is 0.500. The van der Waals surface area contributed by atoms with Gasteiger partial charge in [0.25, 0.3) is 0 Å². The molecule has 3 rings (SSSR count). The number of hydrogen-bond acceptors (Lipinski definition) is 5. The molecule has 0 saturated carbocycles. The molecule has 1 fully saturated rings. The molecule has 0 aliphatic carbocycles. The van der Waals surface area contributed by atoms with Gasteiger partial charge in [-0.1, -0.05) is 35.4 Å². The maximum atomic E-state index is 12.2. The fourth-order valence-corrected chi connectivity index (χ4v) is 3.56. The van der Waals surface area contributed by atoms with Gasteiger partial charge in [0, 0.05) is 31.3 Å². The van der Waals surface area contributed by atoms with Crippen molar-refractivity contribution in [3.05, 3.63) is 41.0 Å². The number of piperidine rings is 1. The third kappa shape index (κ3) is 6.07. The Hall–Kier alpha value is -2.34. The summed E-state index contributed by atoms with van der Waals surface area (Å²) in [4.78, 5) is 14.0. The smallest absolute Gasteiger partial charge is 0.410 e. The van der Waals surface area contributed by atoms with Gasteiger partial charge in [0.05, 0.1) is 5.69 Å². The van der Waals surface area contributed by atoms with Crippen LogP contribution in [0.3, 0.4) is 0 Å². The van der Waals surface area contributed by atoms with Crippen LogP contribution < -0.4 is 5.32 Å². The largest absolute Gasteiger partial charge is 0.444 e. The lowest BCUT2D eigenvalue weighted by Crippen LogP contribution is -2.42. The van der Waals surface area contributed by atoms with Gasteiger partial charge in [-0.25, -0.2) is 4.79 Å². The highest BCUT2D eigenvalue weighted by Gasteiger charge is 2.27. The van der Waals surface area contributed by atoms with E-state index in [1.54, 1.807) is 4.90 Å². The van der Waals surface area contributed by atoms with E-state index in [0.29, 0.717) is 24.2 Å². The predicted octanol–water partition coefficient (Wildman–Crippen LogP) is 5.16. The SMILES string of the molecule is Cc1cccc(-c2nnc(Cl)cc2NCC2CCN(C(=O)OC(C)(C)C)CC2)c1. The van der Waals surface area contributed by atoms with Crippen molar-refractivity contribution in [1.29, 1.82) is 0 Å². The highest BCUT2D eigenvalue weighted by Crippen LogP contribution is 2.29. The van der Waals surface area contributed by atoms with Gasteiger partial charge in [0.2, 0.25) is 0 Å². The topological polar surface area (TPSA) is 67.4 Å². The number of nitrogens with one attached hydrogen (secondary N) is 1. The van der Waals surface area contributed by atoms with E-state index in [1.165, 1.54) is 5.56 Å². The van der Waals surface area contributed by atoms with Gasteiger partial charge in [-0.15, -0.1) is 10.2 Å².